The van der Waals surface area contributed by atoms with Crippen molar-refractivity contribution >= 4 is 15.8 Å². The molecular weight excluding hydrogens is 238 g/mol. The maximum Gasteiger partial charge on any atom is 0.246 e. The average molecular weight is 257 g/mol. The Labute approximate surface area is 103 Å². The molecule has 1 heterocycles. The molecule has 0 unspecified atom stereocenters. The molecule has 1 rings (SSSR count). The highest BCUT2D eigenvalue weighted by Crippen LogP contribution is 2.21. The third kappa shape index (κ3) is 2.95. The Hall–Kier alpha value is -1.14. The second-order valence-electron chi connectivity index (χ2n) is 3.60. The molecular formula is C11H19N3O2S. The molecule has 1 N–H and O–H groups in total. The summed E-state index contributed by atoms with van der Waals surface area (Å²) < 4.78 is 26.2. The van der Waals surface area contributed by atoms with E-state index in [-0.39, 0.29) is 4.90 Å². The quantitative estimate of drug-likeness (QED) is 0.839. The Bertz CT molecular complexity index is 460. The van der Waals surface area contributed by atoms with E-state index in [9.17, 15) is 8.42 Å². The molecule has 0 saturated carbocycles. The number of rotatable bonds is 6. The second-order valence-corrected chi connectivity index (χ2v) is 5.50. The van der Waals surface area contributed by atoms with Gasteiger partial charge in [-0.3, -0.25) is 0 Å². The van der Waals surface area contributed by atoms with Crippen molar-refractivity contribution in [3.8, 4) is 0 Å². The summed E-state index contributed by atoms with van der Waals surface area (Å²) in [6.45, 7) is 4.79. The molecule has 0 saturated heterocycles. The van der Waals surface area contributed by atoms with Crippen LogP contribution in [0.1, 0.15) is 20.3 Å². The standard InChI is InChI=1S/C11H19N3O2S/c1-4-9-14(5-2)17(15,16)10-7-6-8-13-11(10)12-3/h6-8H,4-5,9H2,1-3H3,(H,12,13). The lowest BCUT2D eigenvalue weighted by Gasteiger charge is -2.20. The van der Waals surface area contributed by atoms with E-state index >= 15 is 0 Å². The smallest absolute Gasteiger partial charge is 0.246 e. The first-order valence-corrected chi connectivity index (χ1v) is 7.14. The molecule has 0 aliphatic heterocycles. The largest absolute Gasteiger partial charge is 0.372 e. The van der Waals surface area contributed by atoms with Gasteiger partial charge in [0, 0.05) is 26.3 Å². The second kappa shape index (κ2) is 5.97. The Morgan fingerprint density at radius 3 is 2.65 bits per heavy atom. The van der Waals surface area contributed by atoms with Gasteiger partial charge in [-0.15, -0.1) is 0 Å². The molecule has 17 heavy (non-hydrogen) atoms. The van der Waals surface area contributed by atoms with Crippen molar-refractivity contribution in [2.24, 2.45) is 0 Å². The molecule has 0 amide bonds. The van der Waals surface area contributed by atoms with E-state index in [2.05, 4.69) is 10.3 Å². The van der Waals surface area contributed by atoms with Gasteiger partial charge in [-0.1, -0.05) is 13.8 Å². The zero-order chi connectivity index (χ0) is 12.9. The highest BCUT2D eigenvalue weighted by molar-refractivity contribution is 7.89. The Kier molecular flexibility index (Phi) is 4.89. The lowest BCUT2D eigenvalue weighted by Crippen LogP contribution is -2.32. The summed E-state index contributed by atoms with van der Waals surface area (Å²) in [6.07, 6.45) is 2.36. The Balaban J connectivity index is 3.20. The van der Waals surface area contributed by atoms with Crippen LogP contribution in [0.5, 0.6) is 0 Å². The van der Waals surface area contributed by atoms with Crippen LogP contribution in [0.2, 0.25) is 0 Å². The van der Waals surface area contributed by atoms with Crippen molar-refractivity contribution in [2.75, 3.05) is 25.5 Å². The van der Waals surface area contributed by atoms with E-state index in [1.807, 2.05) is 13.8 Å². The van der Waals surface area contributed by atoms with Crippen LogP contribution in [0.25, 0.3) is 0 Å². The van der Waals surface area contributed by atoms with Crippen molar-refractivity contribution in [1.29, 1.82) is 0 Å². The zero-order valence-corrected chi connectivity index (χ0v) is 11.3. The first-order valence-electron chi connectivity index (χ1n) is 5.70. The number of pyridine rings is 1. The minimum Gasteiger partial charge on any atom is -0.372 e. The van der Waals surface area contributed by atoms with Crippen LogP contribution in [0.3, 0.4) is 0 Å². The number of nitrogens with one attached hydrogen (secondary N) is 1. The summed E-state index contributed by atoms with van der Waals surface area (Å²) in [7, 11) is -1.78. The summed E-state index contributed by atoms with van der Waals surface area (Å²) in [5.74, 6) is 0.391. The maximum absolute atomic E-state index is 12.4. The molecule has 6 heteroatoms. The summed E-state index contributed by atoms with van der Waals surface area (Å²) in [5, 5.41) is 2.81. The van der Waals surface area contributed by atoms with Gasteiger partial charge in [0.1, 0.15) is 10.7 Å². The third-order valence-corrected chi connectivity index (χ3v) is 4.46. The van der Waals surface area contributed by atoms with Gasteiger partial charge < -0.3 is 5.32 Å². The third-order valence-electron chi connectivity index (χ3n) is 2.45. The minimum absolute atomic E-state index is 0.234. The van der Waals surface area contributed by atoms with Crippen LogP contribution in [-0.2, 0) is 10.0 Å². The zero-order valence-electron chi connectivity index (χ0n) is 10.5. The number of nitrogens with zero attached hydrogens (tertiary/aromatic N) is 2. The van der Waals surface area contributed by atoms with Crippen molar-refractivity contribution in [2.45, 2.75) is 25.2 Å². The molecule has 0 atom stereocenters. The monoisotopic (exact) mass is 257 g/mol. The van der Waals surface area contributed by atoms with E-state index in [0.717, 1.165) is 6.42 Å². The summed E-state index contributed by atoms with van der Waals surface area (Å²) in [4.78, 5) is 4.26. The minimum atomic E-state index is -3.45. The molecule has 1 aromatic rings. The van der Waals surface area contributed by atoms with Crippen molar-refractivity contribution in [3.05, 3.63) is 18.3 Å². The molecule has 1 aromatic heterocycles. The highest BCUT2D eigenvalue weighted by atomic mass is 32.2. The molecule has 0 aromatic carbocycles. The van der Waals surface area contributed by atoms with E-state index in [1.165, 1.54) is 4.31 Å². The number of aromatic nitrogens is 1. The lowest BCUT2D eigenvalue weighted by atomic mass is 10.5. The van der Waals surface area contributed by atoms with Crippen LogP contribution in [0.4, 0.5) is 5.82 Å². The van der Waals surface area contributed by atoms with Gasteiger partial charge in [0.05, 0.1) is 0 Å². The molecule has 0 bridgehead atoms. The van der Waals surface area contributed by atoms with Gasteiger partial charge in [0.15, 0.2) is 0 Å². The maximum atomic E-state index is 12.4. The Morgan fingerprint density at radius 2 is 2.12 bits per heavy atom. The highest BCUT2D eigenvalue weighted by Gasteiger charge is 2.25. The fourth-order valence-corrected chi connectivity index (χ4v) is 3.31. The molecule has 96 valence electrons. The van der Waals surface area contributed by atoms with Crippen molar-refractivity contribution < 1.29 is 8.42 Å². The van der Waals surface area contributed by atoms with Gasteiger partial charge in [-0.25, -0.2) is 13.4 Å². The SMILES string of the molecule is CCCN(CC)S(=O)(=O)c1cccnc1NC. The lowest BCUT2D eigenvalue weighted by molar-refractivity contribution is 0.427. The van der Waals surface area contributed by atoms with Gasteiger partial charge >= 0.3 is 0 Å². The number of hydrogen-bond donors (Lipinski definition) is 1. The molecule has 0 spiro atoms. The fraction of sp³-hybridized carbons (Fsp3) is 0.545. The molecule has 0 aliphatic carbocycles. The van der Waals surface area contributed by atoms with Crippen molar-refractivity contribution in [1.82, 2.24) is 9.29 Å². The van der Waals surface area contributed by atoms with E-state index in [4.69, 9.17) is 0 Å². The number of hydrogen-bond acceptors (Lipinski definition) is 4. The fourth-order valence-electron chi connectivity index (χ4n) is 1.62. The first kappa shape index (κ1) is 13.9. The van der Waals surface area contributed by atoms with Gasteiger partial charge in [-0.05, 0) is 18.6 Å². The van der Waals surface area contributed by atoms with Gasteiger partial charge in [0.25, 0.3) is 0 Å². The van der Waals surface area contributed by atoms with Crippen LogP contribution >= 0.6 is 0 Å². The number of sulfonamides is 1. The average Bonchev–Trinajstić information content (AvgIpc) is 2.35. The number of anilines is 1. The summed E-state index contributed by atoms with van der Waals surface area (Å²) >= 11 is 0. The van der Waals surface area contributed by atoms with Gasteiger partial charge in [-0.2, -0.15) is 4.31 Å². The molecule has 0 aliphatic rings. The Morgan fingerprint density at radius 1 is 1.41 bits per heavy atom. The summed E-state index contributed by atoms with van der Waals surface area (Å²) in [5.41, 5.74) is 0. The van der Waals surface area contributed by atoms with Crippen molar-refractivity contribution in [3.63, 3.8) is 0 Å². The first-order chi connectivity index (χ1) is 8.07. The molecule has 5 nitrogen and oxygen atoms in total. The van der Waals surface area contributed by atoms with E-state index in [0.29, 0.717) is 18.9 Å². The van der Waals surface area contributed by atoms with Crippen LogP contribution in [-0.4, -0.2) is 37.8 Å². The van der Waals surface area contributed by atoms with E-state index < -0.39 is 10.0 Å². The topological polar surface area (TPSA) is 62.3 Å². The summed E-state index contributed by atoms with van der Waals surface area (Å²) in [6, 6.07) is 3.21. The van der Waals surface area contributed by atoms with Gasteiger partial charge in [0.2, 0.25) is 10.0 Å². The van der Waals surface area contributed by atoms with Crippen LogP contribution < -0.4 is 5.32 Å². The van der Waals surface area contributed by atoms with Crippen LogP contribution in [0.15, 0.2) is 23.2 Å². The van der Waals surface area contributed by atoms with Crippen LogP contribution in [0, 0.1) is 0 Å². The normalized spacial score (nSPS) is 11.8. The van der Waals surface area contributed by atoms with E-state index in [1.54, 1.807) is 25.4 Å². The molecule has 0 radical (unpaired) electrons. The predicted octanol–water partition coefficient (Wildman–Crippen LogP) is 1.54. The molecule has 0 fully saturated rings. The predicted molar refractivity (Wildman–Crippen MR) is 68.5 cm³/mol.